The minimum absolute atomic E-state index is 0.0713. The zero-order valence-electron chi connectivity index (χ0n) is 13.4. The van der Waals surface area contributed by atoms with Gasteiger partial charge in [0.2, 0.25) is 5.91 Å². The van der Waals surface area contributed by atoms with Gasteiger partial charge in [0.15, 0.2) is 0 Å². The molecule has 2 heterocycles. The third-order valence-corrected chi connectivity index (χ3v) is 4.93. The normalized spacial score (nSPS) is 25.5. The van der Waals surface area contributed by atoms with E-state index in [1.165, 1.54) is 0 Å². The molecule has 0 radical (unpaired) electrons. The molecule has 23 heavy (non-hydrogen) atoms. The van der Waals surface area contributed by atoms with Crippen LogP contribution in [0.25, 0.3) is 0 Å². The Morgan fingerprint density at radius 1 is 1.48 bits per heavy atom. The minimum Gasteiger partial charge on any atom is -0.466 e. The molecule has 1 aromatic carbocycles. The summed E-state index contributed by atoms with van der Waals surface area (Å²) >= 11 is 6.11. The summed E-state index contributed by atoms with van der Waals surface area (Å²) in [5.41, 5.74) is 1.08. The molecule has 0 N–H and O–H groups in total. The van der Waals surface area contributed by atoms with Gasteiger partial charge in [-0.1, -0.05) is 23.7 Å². The summed E-state index contributed by atoms with van der Waals surface area (Å²) in [5, 5.41) is 4.53. The van der Waals surface area contributed by atoms with E-state index < -0.39 is 0 Å². The van der Waals surface area contributed by atoms with Crippen LogP contribution >= 0.6 is 11.6 Å². The fourth-order valence-electron chi connectivity index (χ4n) is 3.58. The van der Waals surface area contributed by atoms with Crippen LogP contribution in [0.3, 0.4) is 0 Å². The number of rotatable bonds is 4. The first-order valence-electron chi connectivity index (χ1n) is 8.03. The fraction of sp³-hybridized carbons (Fsp3) is 0.529. The van der Waals surface area contributed by atoms with Crippen molar-refractivity contribution in [3.63, 3.8) is 0 Å². The molecule has 2 fully saturated rings. The van der Waals surface area contributed by atoms with E-state index in [0.717, 1.165) is 5.56 Å². The zero-order chi connectivity index (χ0) is 16.6. The van der Waals surface area contributed by atoms with Gasteiger partial charge in [-0.05, 0) is 38.0 Å². The number of benzene rings is 1. The molecular weight excluding hydrogens is 316 g/mol. The van der Waals surface area contributed by atoms with E-state index in [4.69, 9.17) is 16.3 Å². The van der Waals surface area contributed by atoms with E-state index in [0.29, 0.717) is 31.0 Å². The Hall–Kier alpha value is -1.59. The van der Waals surface area contributed by atoms with Gasteiger partial charge in [-0.2, -0.15) is 0 Å². The standard InChI is InChI=1S/C17H21ClN2O3/c1-3-23-17(22)11(2)14-10-15(12-5-4-6-13(18)9-12)19-8-7-16(21)20(14)19/h4-6,9,11,14-15H,3,7-8,10H2,1-2H3/t11?,14-,15+/m0/s1. The van der Waals surface area contributed by atoms with Crippen LogP contribution in [-0.4, -0.2) is 41.1 Å². The van der Waals surface area contributed by atoms with E-state index >= 15 is 0 Å². The first-order chi connectivity index (χ1) is 11.0. The molecule has 0 aliphatic carbocycles. The average molecular weight is 337 g/mol. The van der Waals surface area contributed by atoms with Crippen molar-refractivity contribution in [2.24, 2.45) is 5.92 Å². The summed E-state index contributed by atoms with van der Waals surface area (Å²) in [6, 6.07) is 7.63. The number of hydrazine groups is 1. The number of hydrogen-bond acceptors (Lipinski definition) is 4. The predicted octanol–water partition coefficient (Wildman–Crippen LogP) is 2.80. The SMILES string of the molecule is CCOC(=O)C(C)[C@@H]1C[C@H](c2cccc(Cl)c2)N2CCC(=O)N12. The molecule has 6 heteroatoms. The van der Waals surface area contributed by atoms with E-state index in [1.807, 2.05) is 31.2 Å². The molecule has 2 aliphatic heterocycles. The summed E-state index contributed by atoms with van der Waals surface area (Å²) < 4.78 is 5.14. The lowest BCUT2D eigenvalue weighted by atomic mass is 9.93. The van der Waals surface area contributed by atoms with Crippen molar-refractivity contribution >= 4 is 23.5 Å². The van der Waals surface area contributed by atoms with Gasteiger partial charge in [-0.15, -0.1) is 0 Å². The molecule has 0 spiro atoms. The number of amides is 1. The van der Waals surface area contributed by atoms with Crippen molar-refractivity contribution in [3.05, 3.63) is 34.9 Å². The molecule has 0 aromatic heterocycles. The van der Waals surface area contributed by atoms with Crippen molar-refractivity contribution in [3.8, 4) is 0 Å². The maximum Gasteiger partial charge on any atom is 0.310 e. The van der Waals surface area contributed by atoms with Gasteiger partial charge >= 0.3 is 5.97 Å². The van der Waals surface area contributed by atoms with Gasteiger partial charge in [0.25, 0.3) is 0 Å². The van der Waals surface area contributed by atoms with Gasteiger partial charge in [0.1, 0.15) is 0 Å². The van der Waals surface area contributed by atoms with Gasteiger partial charge in [0.05, 0.1) is 24.6 Å². The second kappa shape index (κ2) is 6.49. The van der Waals surface area contributed by atoms with E-state index in [9.17, 15) is 9.59 Å². The summed E-state index contributed by atoms with van der Waals surface area (Å²) in [5.74, 6) is -0.511. The van der Waals surface area contributed by atoms with Gasteiger partial charge in [0, 0.05) is 18.0 Å². The second-order valence-corrected chi connectivity index (χ2v) is 6.50. The van der Waals surface area contributed by atoms with Crippen LogP contribution in [0.2, 0.25) is 5.02 Å². The maximum absolute atomic E-state index is 12.3. The second-order valence-electron chi connectivity index (χ2n) is 6.07. The summed E-state index contributed by atoms with van der Waals surface area (Å²) in [6.45, 7) is 4.67. The lowest BCUT2D eigenvalue weighted by Crippen LogP contribution is -2.43. The van der Waals surface area contributed by atoms with E-state index in [2.05, 4.69) is 5.01 Å². The Labute approximate surface area is 141 Å². The Morgan fingerprint density at radius 3 is 2.96 bits per heavy atom. The predicted molar refractivity (Wildman–Crippen MR) is 86.6 cm³/mol. The third kappa shape index (κ3) is 2.95. The van der Waals surface area contributed by atoms with Crippen LogP contribution < -0.4 is 0 Å². The monoisotopic (exact) mass is 336 g/mol. The van der Waals surface area contributed by atoms with Gasteiger partial charge < -0.3 is 4.74 Å². The fourth-order valence-corrected chi connectivity index (χ4v) is 3.77. The number of halogens is 1. The average Bonchev–Trinajstić information content (AvgIpc) is 3.08. The van der Waals surface area contributed by atoms with Gasteiger partial charge in [-0.25, -0.2) is 5.01 Å². The van der Waals surface area contributed by atoms with Crippen LogP contribution in [0.15, 0.2) is 24.3 Å². The molecule has 0 saturated carbocycles. The summed E-state index contributed by atoms with van der Waals surface area (Å²) in [4.78, 5) is 24.4. The largest absolute Gasteiger partial charge is 0.466 e. The Kier molecular flexibility index (Phi) is 4.60. The number of esters is 1. The van der Waals surface area contributed by atoms with Crippen LogP contribution in [0, 0.1) is 5.92 Å². The molecule has 5 nitrogen and oxygen atoms in total. The molecule has 0 bridgehead atoms. The highest BCUT2D eigenvalue weighted by atomic mass is 35.5. The quantitative estimate of drug-likeness (QED) is 0.793. The van der Waals surface area contributed by atoms with Gasteiger partial charge in [-0.3, -0.25) is 14.6 Å². The molecule has 124 valence electrons. The summed E-state index contributed by atoms with van der Waals surface area (Å²) in [7, 11) is 0. The molecule has 2 saturated heterocycles. The van der Waals surface area contributed by atoms with Crippen molar-refractivity contribution in [1.29, 1.82) is 0 Å². The molecule has 1 aromatic rings. The van der Waals surface area contributed by atoms with Crippen molar-refractivity contribution < 1.29 is 14.3 Å². The minimum atomic E-state index is -0.344. The topological polar surface area (TPSA) is 49.9 Å². The van der Waals surface area contributed by atoms with Crippen molar-refractivity contribution in [2.45, 2.75) is 38.8 Å². The van der Waals surface area contributed by atoms with Crippen molar-refractivity contribution in [2.75, 3.05) is 13.2 Å². The molecule has 3 atom stereocenters. The van der Waals surface area contributed by atoms with Crippen LogP contribution in [0.4, 0.5) is 0 Å². The number of ether oxygens (including phenoxy) is 1. The summed E-state index contributed by atoms with van der Waals surface area (Å²) in [6.07, 6.45) is 1.20. The zero-order valence-corrected chi connectivity index (χ0v) is 14.1. The highest BCUT2D eigenvalue weighted by Gasteiger charge is 2.49. The highest BCUT2D eigenvalue weighted by molar-refractivity contribution is 6.30. The van der Waals surface area contributed by atoms with Crippen LogP contribution in [0.1, 0.15) is 38.3 Å². The first-order valence-corrected chi connectivity index (χ1v) is 8.41. The number of hydrogen-bond donors (Lipinski definition) is 0. The number of carbonyl (C=O) groups is 2. The molecule has 1 amide bonds. The van der Waals surface area contributed by atoms with E-state index in [1.54, 1.807) is 11.9 Å². The molecule has 1 unspecified atom stereocenters. The number of carbonyl (C=O) groups excluding carboxylic acids is 2. The lowest BCUT2D eigenvalue weighted by molar-refractivity contribution is -0.153. The Bertz CT molecular complexity index is 622. The molecular formula is C17H21ClN2O3. The lowest BCUT2D eigenvalue weighted by Gasteiger charge is -2.29. The molecule has 3 rings (SSSR count). The highest BCUT2D eigenvalue weighted by Crippen LogP contribution is 2.42. The number of fused-ring (bicyclic) bond motifs is 1. The Balaban J connectivity index is 1.88. The first kappa shape index (κ1) is 16.3. The van der Waals surface area contributed by atoms with E-state index in [-0.39, 0.29) is 29.9 Å². The molecule has 2 aliphatic rings. The van der Waals surface area contributed by atoms with Crippen LogP contribution in [-0.2, 0) is 14.3 Å². The Morgan fingerprint density at radius 2 is 2.26 bits per heavy atom. The number of nitrogens with zero attached hydrogens (tertiary/aromatic N) is 2. The third-order valence-electron chi connectivity index (χ3n) is 4.69. The maximum atomic E-state index is 12.3. The van der Waals surface area contributed by atoms with Crippen molar-refractivity contribution in [1.82, 2.24) is 10.0 Å². The smallest absolute Gasteiger partial charge is 0.310 e. The van der Waals surface area contributed by atoms with Crippen LogP contribution in [0.5, 0.6) is 0 Å².